The van der Waals surface area contributed by atoms with Gasteiger partial charge in [0.2, 0.25) is 0 Å². The van der Waals surface area contributed by atoms with Gasteiger partial charge >= 0.3 is 0 Å². The van der Waals surface area contributed by atoms with E-state index in [0.29, 0.717) is 5.41 Å². The monoisotopic (exact) mass is 431 g/mol. The predicted octanol–water partition coefficient (Wildman–Crippen LogP) is 7.20. The molecule has 1 fully saturated rings. The highest BCUT2D eigenvalue weighted by Gasteiger charge is 2.31. The van der Waals surface area contributed by atoms with Crippen molar-refractivity contribution < 1.29 is 4.74 Å². The van der Waals surface area contributed by atoms with Gasteiger partial charge in [-0.3, -0.25) is 0 Å². The second-order valence-corrected chi connectivity index (χ2v) is 11.2. The molecule has 0 N–H and O–H groups in total. The summed E-state index contributed by atoms with van der Waals surface area (Å²) in [4.78, 5) is 5.61. The van der Waals surface area contributed by atoms with Gasteiger partial charge in [-0.15, -0.1) is 11.3 Å². The van der Waals surface area contributed by atoms with Gasteiger partial charge in [-0.05, 0) is 67.9 Å². The van der Waals surface area contributed by atoms with Crippen molar-refractivity contribution in [1.29, 1.82) is 0 Å². The lowest BCUT2D eigenvalue weighted by Crippen LogP contribution is -2.24. The van der Waals surface area contributed by atoms with E-state index in [-0.39, 0.29) is 6.10 Å². The third-order valence-electron chi connectivity index (χ3n) is 7.00. The summed E-state index contributed by atoms with van der Waals surface area (Å²) < 4.78 is 6.30. The predicted molar refractivity (Wildman–Crippen MR) is 133 cm³/mol. The van der Waals surface area contributed by atoms with Crippen LogP contribution in [-0.4, -0.2) is 19.2 Å². The largest absolute Gasteiger partial charge is 0.489 e. The Hall–Kier alpha value is -2.26. The second kappa shape index (κ2) is 8.02. The molecule has 0 saturated carbocycles. The number of thiophene rings is 1. The number of ether oxygens (including phenoxy) is 1. The third-order valence-corrected chi connectivity index (χ3v) is 8.42. The number of anilines is 1. The van der Waals surface area contributed by atoms with E-state index in [1.807, 2.05) is 11.3 Å². The summed E-state index contributed by atoms with van der Waals surface area (Å²) in [7, 11) is 0. The van der Waals surface area contributed by atoms with Crippen LogP contribution in [0.5, 0.6) is 5.75 Å². The summed E-state index contributed by atoms with van der Waals surface area (Å²) in [6.45, 7) is 11.3. The van der Waals surface area contributed by atoms with Crippen LogP contribution in [-0.2, 0) is 12.8 Å². The second-order valence-electron chi connectivity index (χ2n) is 10.1. The maximum Gasteiger partial charge on any atom is 0.119 e. The van der Waals surface area contributed by atoms with Crippen molar-refractivity contribution in [2.45, 2.75) is 59.5 Å². The average molecular weight is 432 g/mol. The first-order valence-electron chi connectivity index (χ1n) is 11.6. The summed E-state index contributed by atoms with van der Waals surface area (Å²) in [6.07, 6.45) is 5.05. The smallest absolute Gasteiger partial charge is 0.119 e. The highest BCUT2D eigenvalue weighted by Crippen LogP contribution is 2.46. The maximum atomic E-state index is 6.30. The average Bonchev–Trinajstić information content (AvgIpc) is 3.34. The van der Waals surface area contributed by atoms with Crippen molar-refractivity contribution in [2.75, 3.05) is 18.0 Å². The van der Waals surface area contributed by atoms with Crippen LogP contribution in [0.3, 0.4) is 0 Å². The van der Waals surface area contributed by atoms with E-state index in [2.05, 4.69) is 81.1 Å². The SMILES string of the molecule is Cc1ccc(O[C@@H]2CCN(c3ccccc3-c3sc4c(c3C)CC(C)(C)CC4)C2)cc1. The molecule has 5 rings (SSSR count). The minimum absolute atomic E-state index is 0.245. The summed E-state index contributed by atoms with van der Waals surface area (Å²) in [6, 6.07) is 17.4. The van der Waals surface area contributed by atoms with Crippen molar-refractivity contribution in [3.63, 3.8) is 0 Å². The molecular formula is C28H33NOS. The Kier molecular flexibility index (Phi) is 5.34. The standard InChI is InChI=1S/C28H33NOS/c1-19-9-11-21(12-10-19)30-22-14-16-29(18-22)25-8-6-5-7-23(25)27-20(2)24-17-28(3,4)15-13-26(24)31-27/h5-12,22H,13-18H2,1-4H3/t22-/m1/s1. The molecule has 2 heterocycles. The van der Waals surface area contributed by atoms with Gasteiger partial charge in [0.15, 0.2) is 0 Å². The van der Waals surface area contributed by atoms with Gasteiger partial charge in [-0.2, -0.15) is 0 Å². The van der Waals surface area contributed by atoms with E-state index in [9.17, 15) is 0 Å². The zero-order valence-corrected chi connectivity index (χ0v) is 20.0. The Bertz CT molecular complexity index is 1080. The fourth-order valence-corrected chi connectivity index (χ4v) is 6.47. The maximum absolute atomic E-state index is 6.30. The van der Waals surface area contributed by atoms with Crippen molar-refractivity contribution in [3.8, 4) is 16.2 Å². The highest BCUT2D eigenvalue weighted by molar-refractivity contribution is 7.16. The number of hydrogen-bond donors (Lipinski definition) is 0. The first kappa shape index (κ1) is 20.6. The van der Waals surface area contributed by atoms with Crippen molar-refractivity contribution in [1.82, 2.24) is 0 Å². The van der Waals surface area contributed by atoms with E-state index in [4.69, 9.17) is 4.74 Å². The third kappa shape index (κ3) is 4.13. The summed E-state index contributed by atoms with van der Waals surface area (Å²) in [5, 5.41) is 0. The number of benzene rings is 2. The van der Waals surface area contributed by atoms with Gasteiger partial charge < -0.3 is 9.64 Å². The summed E-state index contributed by atoms with van der Waals surface area (Å²) >= 11 is 2.04. The molecule has 0 unspecified atom stereocenters. The molecule has 1 aliphatic heterocycles. The Morgan fingerprint density at radius 2 is 1.81 bits per heavy atom. The number of rotatable bonds is 4. The Balaban J connectivity index is 1.40. The van der Waals surface area contributed by atoms with Gasteiger partial charge in [-0.25, -0.2) is 0 Å². The summed E-state index contributed by atoms with van der Waals surface area (Å²) in [5.74, 6) is 0.982. The molecular weight excluding hydrogens is 398 g/mol. The zero-order valence-electron chi connectivity index (χ0n) is 19.2. The number of fused-ring (bicyclic) bond motifs is 1. The van der Waals surface area contributed by atoms with E-state index < -0.39 is 0 Å². The quantitative estimate of drug-likeness (QED) is 0.433. The van der Waals surface area contributed by atoms with Gasteiger partial charge in [0.05, 0.1) is 6.54 Å². The number of hydrogen-bond acceptors (Lipinski definition) is 3. The highest BCUT2D eigenvalue weighted by atomic mass is 32.1. The van der Waals surface area contributed by atoms with Crippen LogP contribution in [0.2, 0.25) is 0 Å². The van der Waals surface area contributed by atoms with Crippen molar-refractivity contribution in [2.24, 2.45) is 5.41 Å². The minimum Gasteiger partial charge on any atom is -0.489 e. The molecule has 0 bridgehead atoms. The van der Waals surface area contributed by atoms with Gasteiger partial charge in [0.1, 0.15) is 11.9 Å². The minimum atomic E-state index is 0.245. The van der Waals surface area contributed by atoms with Crippen LogP contribution in [0.15, 0.2) is 48.5 Å². The molecule has 3 aromatic rings. The van der Waals surface area contributed by atoms with Crippen molar-refractivity contribution >= 4 is 17.0 Å². The molecule has 1 aromatic heterocycles. The molecule has 31 heavy (non-hydrogen) atoms. The van der Waals surface area contributed by atoms with Crippen LogP contribution in [0.25, 0.3) is 10.4 Å². The summed E-state index contributed by atoms with van der Waals surface area (Å²) in [5.41, 5.74) is 7.57. The normalized spacial score (nSPS) is 20.0. The van der Waals surface area contributed by atoms with Crippen molar-refractivity contribution in [3.05, 3.63) is 70.1 Å². The van der Waals surface area contributed by atoms with Crippen LogP contribution in [0, 0.1) is 19.3 Å². The fraction of sp³-hybridized carbons (Fsp3) is 0.429. The molecule has 2 aromatic carbocycles. The lowest BCUT2D eigenvalue weighted by molar-refractivity contribution is 0.225. The topological polar surface area (TPSA) is 12.5 Å². The number of aryl methyl sites for hydroxylation is 2. The van der Waals surface area contributed by atoms with E-state index in [1.54, 1.807) is 10.4 Å². The lowest BCUT2D eigenvalue weighted by atomic mass is 9.76. The number of para-hydroxylation sites is 1. The lowest BCUT2D eigenvalue weighted by Gasteiger charge is -2.29. The molecule has 162 valence electrons. The van der Waals surface area contributed by atoms with Gasteiger partial charge in [0.25, 0.3) is 0 Å². The first-order chi connectivity index (χ1) is 14.9. The van der Waals surface area contributed by atoms with Crippen LogP contribution in [0.1, 0.15) is 48.3 Å². The Morgan fingerprint density at radius 3 is 2.61 bits per heavy atom. The molecule has 0 amide bonds. The van der Waals surface area contributed by atoms with Gasteiger partial charge in [-0.1, -0.05) is 49.7 Å². The number of nitrogens with zero attached hydrogens (tertiary/aromatic N) is 1. The molecule has 1 saturated heterocycles. The molecule has 1 aliphatic carbocycles. The van der Waals surface area contributed by atoms with Crippen LogP contribution >= 0.6 is 11.3 Å². The zero-order chi connectivity index (χ0) is 21.6. The molecule has 2 nitrogen and oxygen atoms in total. The Labute approximate surface area is 190 Å². The first-order valence-corrected chi connectivity index (χ1v) is 12.4. The molecule has 0 spiro atoms. The van der Waals surface area contributed by atoms with Crippen LogP contribution in [0.4, 0.5) is 5.69 Å². The van der Waals surface area contributed by atoms with Crippen LogP contribution < -0.4 is 9.64 Å². The fourth-order valence-electron chi connectivity index (χ4n) is 5.11. The Morgan fingerprint density at radius 1 is 1.03 bits per heavy atom. The molecule has 0 radical (unpaired) electrons. The van der Waals surface area contributed by atoms with Gasteiger partial charge in [0, 0.05) is 34.0 Å². The van der Waals surface area contributed by atoms with E-state index in [0.717, 1.165) is 25.3 Å². The van der Waals surface area contributed by atoms with E-state index in [1.165, 1.54) is 46.5 Å². The molecule has 2 aliphatic rings. The molecule has 3 heteroatoms. The molecule has 1 atom stereocenters. The van der Waals surface area contributed by atoms with E-state index >= 15 is 0 Å².